The van der Waals surface area contributed by atoms with Crippen LogP contribution in [0.4, 0.5) is 24.8 Å². The van der Waals surface area contributed by atoms with Gasteiger partial charge in [0.1, 0.15) is 16.9 Å². The van der Waals surface area contributed by atoms with Gasteiger partial charge < -0.3 is 19.4 Å². The lowest BCUT2D eigenvalue weighted by Gasteiger charge is -2.22. The number of fused-ring (bicyclic) bond motifs is 3. The van der Waals surface area contributed by atoms with Crippen molar-refractivity contribution in [2.75, 3.05) is 5.32 Å². The minimum atomic E-state index is -4.52. The molecule has 0 spiro atoms. The van der Waals surface area contributed by atoms with Crippen molar-refractivity contribution in [1.82, 2.24) is 33.8 Å². The number of aromatic nitrogens is 6. The number of carbonyl (C=O) groups excluding carboxylic acids is 1. The zero-order chi connectivity index (χ0) is 25.4. The molecule has 2 aliphatic carbocycles. The smallest absolute Gasteiger partial charge is 0.336 e. The number of alkyl halides is 3. The Hall–Kier alpha value is -3.57. The number of anilines is 2. The number of hydrogen-bond donors (Lipinski definition) is 1. The lowest BCUT2D eigenvalue weighted by atomic mass is 10.2. The summed E-state index contributed by atoms with van der Waals surface area (Å²) in [5.41, 5.74) is 1.96. The zero-order valence-electron chi connectivity index (χ0n) is 20.3. The van der Waals surface area contributed by atoms with Gasteiger partial charge in [-0.2, -0.15) is 18.3 Å². The van der Waals surface area contributed by atoms with Gasteiger partial charge in [-0.25, -0.2) is 9.97 Å². The molecule has 4 heterocycles. The molecule has 2 aliphatic rings. The predicted octanol–water partition coefficient (Wildman–Crippen LogP) is 4.13. The van der Waals surface area contributed by atoms with Crippen LogP contribution in [0.15, 0.2) is 18.5 Å². The highest BCUT2D eigenvalue weighted by Crippen LogP contribution is 2.38. The second-order valence-corrected chi connectivity index (χ2v) is 9.73. The lowest BCUT2D eigenvalue weighted by molar-refractivity contribution is -0.143. The number of aryl methyl sites for hydroxylation is 3. The van der Waals surface area contributed by atoms with E-state index in [1.54, 1.807) is 6.33 Å². The number of amides is 1. The SMILES string of the molecule is CCn1c(CC(=O)N(C2CC2)C2CC2)cc2c3c(ncn3C)c(Nc3cc(C(F)(F)F)n(C)n3)nc21. The Labute approximate surface area is 204 Å². The first-order chi connectivity index (χ1) is 17.2. The number of nitrogens with zero attached hydrogens (tertiary/aromatic N) is 7. The third-order valence-electron chi connectivity index (χ3n) is 7.02. The minimum absolute atomic E-state index is 0.0261. The van der Waals surface area contributed by atoms with E-state index in [1.807, 2.05) is 29.2 Å². The number of imidazole rings is 1. The van der Waals surface area contributed by atoms with E-state index in [2.05, 4.69) is 20.3 Å². The normalized spacial score (nSPS) is 16.3. The van der Waals surface area contributed by atoms with Gasteiger partial charge in [-0.05, 0) is 38.7 Å². The maximum absolute atomic E-state index is 13.3. The molecule has 36 heavy (non-hydrogen) atoms. The van der Waals surface area contributed by atoms with E-state index in [9.17, 15) is 18.0 Å². The van der Waals surface area contributed by atoms with E-state index in [0.29, 0.717) is 35.6 Å². The molecule has 0 atom stereocenters. The summed E-state index contributed by atoms with van der Waals surface area (Å²) in [7, 11) is 3.11. The molecule has 190 valence electrons. The van der Waals surface area contributed by atoms with Crippen molar-refractivity contribution in [1.29, 1.82) is 0 Å². The van der Waals surface area contributed by atoms with E-state index in [-0.39, 0.29) is 18.1 Å². The maximum atomic E-state index is 13.3. The van der Waals surface area contributed by atoms with E-state index >= 15 is 0 Å². The van der Waals surface area contributed by atoms with Gasteiger partial charge in [-0.3, -0.25) is 9.48 Å². The van der Waals surface area contributed by atoms with Crippen LogP contribution in [0.5, 0.6) is 0 Å². The molecule has 12 heteroatoms. The van der Waals surface area contributed by atoms with Crippen LogP contribution in [-0.2, 0) is 38.0 Å². The number of rotatable bonds is 7. The summed E-state index contributed by atoms with van der Waals surface area (Å²) in [5, 5.41) is 7.76. The summed E-state index contributed by atoms with van der Waals surface area (Å²) in [5.74, 6) is 0.483. The van der Waals surface area contributed by atoms with Crippen LogP contribution in [0.2, 0.25) is 0 Å². The zero-order valence-corrected chi connectivity index (χ0v) is 20.3. The Morgan fingerprint density at radius 3 is 2.44 bits per heavy atom. The van der Waals surface area contributed by atoms with Gasteiger partial charge in [0.15, 0.2) is 11.6 Å². The average molecular weight is 501 g/mol. The van der Waals surface area contributed by atoms with E-state index in [4.69, 9.17) is 4.98 Å². The van der Waals surface area contributed by atoms with Crippen molar-refractivity contribution < 1.29 is 18.0 Å². The summed E-state index contributed by atoms with van der Waals surface area (Å²) < 4.78 is 44.5. The molecule has 0 radical (unpaired) electrons. The third-order valence-corrected chi connectivity index (χ3v) is 7.02. The Bertz CT molecular complexity index is 1480. The van der Waals surface area contributed by atoms with Crippen molar-refractivity contribution in [2.24, 2.45) is 14.1 Å². The van der Waals surface area contributed by atoms with Gasteiger partial charge in [0.2, 0.25) is 5.91 Å². The molecule has 1 N–H and O–H groups in total. The summed E-state index contributed by atoms with van der Waals surface area (Å²) in [6.45, 7) is 2.58. The van der Waals surface area contributed by atoms with Crippen LogP contribution in [0.3, 0.4) is 0 Å². The highest BCUT2D eigenvalue weighted by Gasteiger charge is 2.42. The second kappa shape index (κ2) is 7.97. The molecule has 0 aromatic carbocycles. The predicted molar refractivity (Wildman–Crippen MR) is 128 cm³/mol. The van der Waals surface area contributed by atoms with Crippen LogP contribution in [0.25, 0.3) is 22.1 Å². The standard InChI is InChI=1S/C24H27F3N8O/c1-4-34-15(10-19(36)35(13-5-6-13)14-7-8-14)9-16-21-20(28-12-32(21)2)22(30-23(16)34)29-18-11-17(24(25,26)27)33(3)31-18/h9,11-14H,4-8,10H2,1-3H3,(H,29,30,31). The first-order valence-corrected chi connectivity index (χ1v) is 12.2. The number of hydrogen-bond acceptors (Lipinski definition) is 5. The topological polar surface area (TPSA) is 85.8 Å². The summed E-state index contributed by atoms with van der Waals surface area (Å²) in [4.78, 5) is 24.6. The van der Waals surface area contributed by atoms with Gasteiger partial charge >= 0.3 is 6.18 Å². The molecule has 1 amide bonds. The summed E-state index contributed by atoms with van der Waals surface area (Å²) in [6, 6.07) is 3.70. The quantitative estimate of drug-likeness (QED) is 0.412. The molecular formula is C24H27F3N8O. The molecule has 0 saturated heterocycles. The molecule has 2 fully saturated rings. The first kappa shape index (κ1) is 22.9. The molecule has 9 nitrogen and oxygen atoms in total. The number of nitrogens with one attached hydrogen (secondary N) is 1. The molecule has 0 aliphatic heterocycles. The fourth-order valence-electron chi connectivity index (χ4n) is 5.12. The lowest BCUT2D eigenvalue weighted by Crippen LogP contribution is -2.36. The van der Waals surface area contributed by atoms with E-state index < -0.39 is 11.9 Å². The van der Waals surface area contributed by atoms with Crippen LogP contribution < -0.4 is 5.32 Å². The third kappa shape index (κ3) is 3.79. The average Bonchev–Trinajstić information content (AvgIpc) is 3.72. The van der Waals surface area contributed by atoms with E-state index in [0.717, 1.165) is 53.0 Å². The van der Waals surface area contributed by atoms with Crippen LogP contribution in [-0.4, -0.2) is 51.8 Å². The molecule has 4 aromatic rings. The summed E-state index contributed by atoms with van der Waals surface area (Å²) in [6.07, 6.45) is 1.72. The first-order valence-electron chi connectivity index (χ1n) is 12.2. The maximum Gasteiger partial charge on any atom is 0.433 e. The number of carbonyl (C=O) groups is 1. The fourth-order valence-corrected chi connectivity index (χ4v) is 5.12. The van der Waals surface area contributed by atoms with Gasteiger partial charge in [0, 0.05) is 49.9 Å². The highest BCUT2D eigenvalue weighted by atomic mass is 19.4. The van der Waals surface area contributed by atoms with Gasteiger partial charge in [-0.1, -0.05) is 0 Å². The van der Waals surface area contributed by atoms with Crippen LogP contribution >= 0.6 is 0 Å². The van der Waals surface area contributed by atoms with Gasteiger partial charge in [0.25, 0.3) is 0 Å². The second-order valence-electron chi connectivity index (χ2n) is 9.73. The van der Waals surface area contributed by atoms with Crippen molar-refractivity contribution in [3.05, 3.63) is 29.8 Å². The Morgan fingerprint density at radius 2 is 1.86 bits per heavy atom. The van der Waals surface area contributed by atoms with Gasteiger partial charge in [0.05, 0.1) is 18.3 Å². The highest BCUT2D eigenvalue weighted by molar-refractivity contribution is 6.07. The minimum Gasteiger partial charge on any atom is -0.336 e. The van der Waals surface area contributed by atoms with Crippen molar-refractivity contribution >= 4 is 39.6 Å². The van der Waals surface area contributed by atoms with Crippen molar-refractivity contribution in [3.63, 3.8) is 0 Å². The molecule has 4 aromatic heterocycles. The largest absolute Gasteiger partial charge is 0.433 e. The molecule has 2 saturated carbocycles. The molecular weight excluding hydrogens is 473 g/mol. The Morgan fingerprint density at radius 1 is 1.17 bits per heavy atom. The number of halogens is 3. The molecule has 6 rings (SSSR count). The number of pyridine rings is 1. The monoisotopic (exact) mass is 500 g/mol. The van der Waals surface area contributed by atoms with Crippen molar-refractivity contribution in [2.45, 2.75) is 63.8 Å². The van der Waals surface area contributed by atoms with Crippen LogP contribution in [0.1, 0.15) is 44.0 Å². The van der Waals surface area contributed by atoms with Crippen molar-refractivity contribution in [3.8, 4) is 0 Å². The van der Waals surface area contributed by atoms with Gasteiger partial charge in [-0.15, -0.1) is 0 Å². The fraction of sp³-hybridized carbons (Fsp3) is 0.500. The van der Waals surface area contributed by atoms with E-state index in [1.165, 1.54) is 7.05 Å². The summed E-state index contributed by atoms with van der Waals surface area (Å²) >= 11 is 0. The Balaban J connectivity index is 1.42. The molecule has 0 unspecified atom stereocenters. The Kier molecular flexibility index (Phi) is 5.06. The molecule has 0 bridgehead atoms. The van der Waals surface area contributed by atoms with Crippen LogP contribution in [0, 0.1) is 0 Å².